The molecule has 1 aromatic heterocycles. The van der Waals surface area contributed by atoms with E-state index in [4.69, 9.17) is 11.5 Å². The van der Waals surface area contributed by atoms with Crippen molar-refractivity contribution in [2.24, 2.45) is 11.5 Å². The molecule has 1 aromatic carbocycles. The number of nitrogens with zero attached hydrogens (tertiary/aromatic N) is 1. The lowest BCUT2D eigenvalue weighted by Crippen LogP contribution is -2.19. The molecular weight excluding hydrogens is 248 g/mol. The zero-order valence-electron chi connectivity index (χ0n) is 9.93. The maximum atomic E-state index is 11.0. The van der Waals surface area contributed by atoms with Gasteiger partial charge in [0.05, 0.1) is 5.01 Å². The van der Waals surface area contributed by atoms with Gasteiger partial charge in [-0.3, -0.25) is 5.32 Å². The predicted octanol–water partition coefficient (Wildman–Crippen LogP) is 2.07. The van der Waals surface area contributed by atoms with E-state index in [-0.39, 0.29) is 0 Å². The Morgan fingerprint density at radius 1 is 1.44 bits per heavy atom. The summed E-state index contributed by atoms with van der Waals surface area (Å²) in [6, 6.07) is 7.12. The van der Waals surface area contributed by atoms with E-state index in [2.05, 4.69) is 10.3 Å². The third-order valence-corrected chi connectivity index (χ3v) is 3.35. The minimum atomic E-state index is -0.592. The number of aryl methyl sites for hydroxylation is 1. The quantitative estimate of drug-likeness (QED) is 0.790. The Labute approximate surface area is 109 Å². The molecule has 6 heteroatoms. The van der Waals surface area contributed by atoms with Crippen LogP contribution in [-0.2, 0) is 6.54 Å². The van der Waals surface area contributed by atoms with Gasteiger partial charge in [0.2, 0.25) is 0 Å². The van der Waals surface area contributed by atoms with Gasteiger partial charge in [0.25, 0.3) is 0 Å². The molecule has 94 valence electrons. The van der Waals surface area contributed by atoms with Crippen molar-refractivity contribution in [2.45, 2.75) is 13.5 Å². The number of hydrogen-bond donors (Lipinski definition) is 3. The van der Waals surface area contributed by atoms with Gasteiger partial charge in [0.1, 0.15) is 10.7 Å². The van der Waals surface area contributed by atoms with Crippen LogP contribution >= 0.6 is 11.3 Å². The third kappa shape index (κ3) is 2.49. The summed E-state index contributed by atoms with van der Waals surface area (Å²) in [6.07, 6.45) is 0. The highest BCUT2D eigenvalue weighted by molar-refractivity contribution is 7.16. The molecule has 0 aliphatic carbocycles. The Morgan fingerprint density at radius 3 is 2.83 bits per heavy atom. The summed E-state index contributed by atoms with van der Waals surface area (Å²) < 4.78 is 0. The molecule has 0 atom stereocenters. The maximum Gasteiger partial charge on any atom is 0.317 e. The molecule has 2 rings (SSSR count). The van der Waals surface area contributed by atoms with Gasteiger partial charge in [0, 0.05) is 12.1 Å². The van der Waals surface area contributed by atoms with Crippen molar-refractivity contribution >= 4 is 22.4 Å². The number of nitrogens with one attached hydrogen (secondary N) is 1. The largest absolute Gasteiger partial charge is 0.351 e. The summed E-state index contributed by atoms with van der Waals surface area (Å²) in [4.78, 5) is 15.4. The monoisotopic (exact) mass is 262 g/mol. The normalized spacial score (nSPS) is 10.3. The molecule has 0 fully saturated rings. The van der Waals surface area contributed by atoms with Gasteiger partial charge in [-0.2, -0.15) is 0 Å². The van der Waals surface area contributed by atoms with Gasteiger partial charge in [0.15, 0.2) is 0 Å². The SMILES string of the molecule is Cc1nc(-c2ccccc2CN)c(NC(N)=O)s1. The molecule has 2 amide bonds. The highest BCUT2D eigenvalue weighted by atomic mass is 32.1. The second-order valence-corrected chi connectivity index (χ2v) is 4.96. The summed E-state index contributed by atoms with van der Waals surface area (Å²) in [5, 5.41) is 4.11. The lowest BCUT2D eigenvalue weighted by Gasteiger charge is -2.07. The zero-order valence-corrected chi connectivity index (χ0v) is 10.8. The molecule has 1 heterocycles. The van der Waals surface area contributed by atoms with E-state index in [0.717, 1.165) is 21.8 Å². The van der Waals surface area contributed by atoms with E-state index in [1.54, 1.807) is 0 Å². The van der Waals surface area contributed by atoms with E-state index in [9.17, 15) is 4.79 Å². The van der Waals surface area contributed by atoms with Crippen LogP contribution in [0.5, 0.6) is 0 Å². The average molecular weight is 262 g/mol. The number of rotatable bonds is 3. The number of nitrogens with two attached hydrogens (primary N) is 2. The predicted molar refractivity (Wildman–Crippen MR) is 73.4 cm³/mol. The molecule has 18 heavy (non-hydrogen) atoms. The maximum absolute atomic E-state index is 11.0. The highest BCUT2D eigenvalue weighted by Gasteiger charge is 2.14. The number of thiazole rings is 1. The fourth-order valence-corrected chi connectivity index (χ4v) is 2.57. The number of amides is 2. The second-order valence-electron chi connectivity index (χ2n) is 3.76. The average Bonchev–Trinajstić information content (AvgIpc) is 2.69. The molecule has 0 aliphatic heterocycles. The lowest BCUT2D eigenvalue weighted by atomic mass is 10.1. The number of anilines is 1. The van der Waals surface area contributed by atoms with Crippen LogP contribution in [-0.4, -0.2) is 11.0 Å². The summed E-state index contributed by atoms with van der Waals surface area (Å²) in [6.45, 7) is 2.30. The van der Waals surface area contributed by atoms with Crippen molar-refractivity contribution in [3.05, 3.63) is 34.8 Å². The Balaban J connectivity index is 2.52. The first-order chi connectivity index (χ1) is 8.61. The number of urea groups is 1. The fraction of sp³-hybridized carbons (Fsp3) is 0.167. The van der Waals surface area contributed by atoms with Gasteiger partial charge in [-0.25, -0.2) is 9.78 Å². The van der Waals surface area contributed by atoms with Crippen LogP contribution in [0.15, 0.2) is 24.3 Å². The van der Waals surface area contributed by atoms with E-state index < -0.39 is 6.03 Å². The fourth-order valence-electron chi connectivity index (χ4n) is 1.74. The van der Waals surface area contributed by atoms with Crippen LogP contribution in [0.4, 0.5) is 9.80 Å². The molecule has 0 saturated carbocycles. The first-order valence-electron chi connectivity index (χ1n) is 5.44. The number of aromatic nitrogens is 1. The Kier molecular flexibility index (Phi) is 3.59. The first-order valence-corrected chi connectivity index (χ1v) is 6.25. The molecule has 0 radical (unpaired) electrons. The Morgan fingerprint density at radius 2 is 2.17 bits per heavy atom. The van der Waals surface area contributed by atoms with Crippen LogP contribution in [0.25, 0.3) is 11.3 Å². The van der Waals surface area contributed by atoms with Crippen LogP contribution in [0, 0.1) is 6.92 Å². The molecule has 0 aliphatic rings. The molecule has 0 spiro atoms. The van der Waals surface area contributed by atoms with E-state index >= 15 is 0 Å². The summed E-state index contributed by atoms with van der Waals surface area (Å²) in [7, 11) is 0. The minimum Gasteiger partial charge on any atom is -0.351 e. The van der Waals surface area contributed by atoms with E-state index in [1.807, 2.05) is 31.2 Å². The second kappa shape index (κ2) is 5.16. The summed E-state index contributed by atoms with van der Waals surface area (Å²) >= 11 is 1.39. The Bertz CT molecular complexity index is 579. The van der Waals surface area contributed by atoms with E-state index in [0.29, 0.717) is 11.5 Å². The van der Waals surface area contributed by atoms with Crippen molar-refractivity contribution in [3.63, 3.8) is 0 Å². The van der Waals surface area contributed by atoms with Gasteiger partial charge in [-0.05, 0) is 12.5 Å². The number of hydrogen-bond acceptors (Lipinski definition) is 4. The molecular formula is C12H14N4OS. The molecule has 5 N–H and O–H groups in total. The van der Waals surface area contributed by atoms with Crippen molar-refractivity contribution in [1.82, 2.24) is 4.98 Å². The van der Waals surface area contributed by atoms with Crippen LogP contribution in [0.1, 0.15) is 10.6 Å². The van der Waals surface area contributed by atoms with Gasteiger partial charge in [-0.15, -0.1) is 11.3 Å². The van der Waals surface area contributed by atoms with Gasteiger partial charge >= 0.3 is 6.03 Å². The standard InChI is InChI=1S/C12H14N4OS/c1-7-15-10(11(18-7)16-12(14)17)9-5-3-2-4-8(9)6-13/h2-5H,6,13H2,1H3,(H3,14,16,17). The topological polar surface area (TPSA) is 94.0 Å². The first kappa shape index (κ1) is 12.5. The number of carbonyl (C=O) groups excluding carboxylic acids is 1. The highest BCUT2D eigenvalue weighted by Crippen LogP contribution is 2.34. The number of carbonyl (C=O) groups is 1. The number of benzene rings is 1. The van der Waals surface area contributed by atoms with Crippen LogP contribution in [0.2, 0.25) is 0 Å². The summed E-state index contributed by atoms with van der Waals surface area (Å²) in [5.74, 6) is 0. The zero-order chi connectivity index (χ0) is 13.1. The Hall–Kier alpha value is -1.92. The third-order valence-electron chi connectivity index (χ3n) is 2.46. The molecule has 0 unspecified atom stereocenters. The summed E-state index contributed by atoms with van der Waals surface area (Å²) in [5.41, 5.74) is 13.5. The van der Waals surface area contributed by atoms with Gasteiger partial charge < -0.3 is 11.5 Å². The van der Waals surface area contributed by atoms with Gasteiger partial charge in [-0.1, -0.05) is 24.3 Å². The minimum absolute atomic E-state index is 0.419. The van der Waals surface area contributed by atoms with Crippen molar-refractivity contribution in [1.29, 1.82) is 0 Å². The molecule has 0 bridgehead atoms. The molecule has 2 aromatic rings. The van der Waals surface area contributed by atoms with Crippen molar-refractivity contribution in [3.8, 4) is 11.3 Å². The molecule has 0 saturated heterocycles. The smallest absolute Gasteiger partial charge is 0.317 e. The van der Waals surface area contributed by atoms with Crippen LogP contribution in [0.3, 0.4) is 0 Å². The van der Waals surface area contributed by atoms with E-state index in [1.165, 1.54) is 11.3 Å². The number of primary amides is 1. The van der Waals surface area contributed by atoms with Crippen molar-refractivity contribution in [2.75, 3.05) is 5.32 Å². The van der Waals surface area contributed by atoms with Crippen molar-refractivity contribution < 1.29 is 4.79 Å². The molecule has 5 nitrogen and oxygen atoms in total. The van der Waals surface area contributed by atoms with Crippen LogP contribution < -0.4 is 16.8 Å². The lowest BCUT2D eigenvalue weighted by molar-refractivity contribution is 0.259.